The van der Waals surface area contributed by atoms with Gasteiger partial charge in [0, 0.05) is 17.9 Å². The summed E-state index contributed by atoms with van der Waals surface area (Å²) in [4.78, 5) is 0. The zero-order valence-electron chi connectivity index (χ0n) is 11.6. The van der Waals surface area contributed by atoms with Crippen molar-refractivity contribution in [3.63, 3.8) is 0 Å². The first-order chi connectivity index (χ1) is 8.78. The van der Waals surface area contributed by atoms with Crippen molar-refractivity contribution in [3.8, 4) is 0 Å². The predicted octanol–water partition coefficient (Wildman–Crippen LogP) is 4.31. The maximum atomic E-state index is 6.24. The first kappa shape index (κ1) is 14.8. The highest BCUT2D eigenvalue weighted by atomic mass is 79.9. The van der Waals surface area contributed by atoms with Crippen molar-refractivity contribution in [2.24, 2.45) is 5.41 Å². The van der Waals surface area contributed by atoms with Crippen LogP contribution in [0.4, 0.5) is 0 Å². The van der Waals surface area contributed by atoms with Gasteiger partial charge in [0.05, 0.1) is 18.8 Å². The highest BCUT2D eigenvalue weighted by Gasteiger charge is 2.33. The van der Waals surface area contributed by atoms with Gasteiger partial charge in [-0.1, -0.05) is 35.2 Å². The van der Waals surface area contributed by atoms with Crippen LogP contribution < -0.4 is 0 Å². The fourth-order valence-electron chi connectivity index (χ4n) is 3.38. The van der Waals surface area contributed by atoms with E-state index in [1.54, 1.807) is 0 Å². The number of halogens is 1. The van der Waals surface area contributed by atoms with Crippen molar-refractivity contribution in [2.75, 3.05) is 19.0 Å². The largest absolute Gasteiger partial charge is 0.381 e. The fourth-order valence-corrected chi connectivity index (χ4v) is 4.10. The summed E-state index contributed by atoms with van der Waals surface area (Å²) in [5, 5.41) is 1.10. The van der Waals surface area contributed by atoms with E-state index in [0.717, 1.165) is 18.4 Å². The van der Waals surface area contributed by atoms with Crippen LogP contribution in [0.2, 0.25) is 0 Å². The van der Waals surface area contributed by atoms with Crippen LogP contribution in [0.3, 0.4) is 0 Å². The summed E-state index contributed by atoms with van der Waals surface area (Å²) in [6, 6.07) is 0. The Morgan fingerprint density at radius 1 is 1.06 bits per heavy atom. The number of ether oxygens (including phenoxy) is 2. The molecule has 2 saturated carbocycles. The van der Waals surface area contributed by atoms with E-state index < -0.39 is 0 Å². The van der Waals surface area contributed by atoms with Crippen LogP contribution in [0.5, 0.6) is 0 Å². The van der Waals surface area contributed by atoms with Crippen molar-refractivity contribution < 1.29 is 9.47 Å². The Morgan fingerprint density at radius 3 is 2.44 bits per heavy atom. The van der Waals surface area contributed by atoms with Crippen molar-refractivity contribution in [1.82, 2.24) is 0 Å². The second kappa shape index (κ2) is 7.25. The van der Waals surface area contributed by atoms with Crippen LogP contribution in [0.1, 0.15) is 57.8 Å². The van der Waals surface area contributed by atoms with Gasteiger partial charge in [-0.3, -0.25) is 0 Å². The average Bonchev–Trinajstić information content (AvgIpc) is 2.46. The molecule has 0 aromatic heterocycles. The molecular formula is C15H27BrO2. The van der Waals surface area contributed by atoms with E-state index >= 15 is 0 Å². The maximum Gasteiger partial charge on any atom is 0.0600 e. The molecular weight excluding hydrogens is 292 g/mol. The third-order valence-electron chi connectivity index (χ3n) is 4.73. The van der Waals surface area contributed by atoms with E-state index in [9.17, 15) is 0 Å². The van der Waals surface area contributed by atoms with E-state index in [-0.39, 0.29) is 0 Å². The molecule has 3 heteroatoms. The predicted molar refractivity (Wildman–Crippen MR) is 78.3 cm³/mol. The quantitative estimate of drug-likeness (QED) is 0.703. The molecule has 106 valence electrons. The minimum absolute atomic E-state index is 0.415. The Kier molecular flexibility index (Phi) is 5.96. The fraction of sp³-hybridized carbons (Fsp3) is 1.00. The first-order valence-corrected chi connectivity index (χ1v) is 8.60. The Bertz CT molecular complexity index is 239. The van der Waals surface area contributed by atoms with Crippen molar-refractivity contribution in [1.29, 1.82) is 0 Å². The van der Waals surface area contributed by atoms with Gasteiger partial charge in [-0.15, -0.1) is 0 Å². The molecule has 0 heterocycles. The molecule has 0 N–H and O–H groups in total. The van der Waals surface area contributed by atoms with E-state index in [1.807, 2.05) is 7.11 Å². The lowest BCUT2D eigenvalue weighted by Crippen LogP contribution is -2.35. The second-order valence-electron chi connectivity index (χ2n) is 6.15. The molecule has 2 aliphatic rings. The summed E-state index contributed by atoms with van der Waals surface area (Å²) in [5.41, 5.74) is 0.415. The van der Waals surface area contributed by atoms with Crippen molar-refractivity contribution in [3.05, 3.63) is 0 Å². The van der Waals surface area contributed by atoms with Gasteiger partial charge in [-0.05, 0) is 38.5 Å². The van der Waals surface area contributed by atoms with Crippen molar-refractivity contribution >= 4 is 15.9 Å². The average molecular weight is 319 g/mol. The SMILES string of the molecule is COC1CCCC(OCC2(CBr)CCCCC2)C1. The molecule has 2 nitrogen and oxygen atoms in total. The lowest BCUT2D eigenvalue weighted by molar-refractivity contribution is -0.0612. The number of methoxy groups -OCH3 is 1. The summed E-state index contributed by atoms with van der Waals surface area (Å²) in [6.07, 6.45) is 12.5. The second-order valence-corrected chi connectivity index (χ2v) is 6.71. The molecule has 0 saturated heterocycles. The summed E-state index contributed by atoms with van der Waals surface area (Å²) >= 11 is 3.71. The van der Waals surface area contributed by atoms with Crippen LogP contribution in [0.25, 0.3) is 0 Å². The van der Waals surface area contributed by atoms with Gasteiger partial charge < -0.3 is 9.47 Å². The van der Waals surface area contributed by atoms with Crippen LogP contribution in [-0.4, -0.2) is 31.3 Å². The van der Waals surface area contributed by atoms with E-state index in [0.29, 0.717) is 17.6 Å². The zero-order valence-corrected chi connectivity index (χ0v) is 13.2. The number of rotatable bonds is 5. The van der Waals surface area contributed by atoms with Gasteiger partial charge in [0.2, 0.25) is 0 Å². The Morgan fingerprint density at radius 2 is 1.78 bits per heavy atom. The number of hydrogen-bond donors (Lipinski definition) is 0. The maximum absolute atomic E-state index is 6.24. The lowest BCUT2D eigenvalue weighted by Gasteiger charge is -2.38. The Labute approximate surface area is 120 Å². The van der Waals surface area contributed by atoms with Crippen molar-refractivity contribution in [2.45, 2.75) is 70.0 Å². The zero-order chi connectivity index (χ0) is 12.8. The van der Waals surface area contributed by atoms with Gasteiger partial charge in [-0.2, -0.15) is 0 Å². The molecule has 0 bridgehead atoms. The Balaban J connectivity index is 1.78. The molecule has 0 radical (unpaired) electrons. The summed E-state index contributed by atoms with van der Waals surface area (Å²) < 4.78 is 11.7. The molecule has 18 heavy (non-hydrogen) atoms. The molecule has 0 amide bonds. The van der Waals surface area contributed by atoms with E-state index in [2.05, 4.69) is 15.9 Å². The van der Waals surface area contributed by atoms with Gasteiger partial charge in [0.15, 0.2) is 0 Å². The van der Waals surface area contributed by atoms with Crippen LogP contribution in [0.15, 0.2) is 0 Å². The van der Waals surface area contributed by atoms with Gasteiger partial charge in [0.25, 0.3) is 0 Å². The van der Waals surface area contributed by atoms with Gasteiger partial charge in [0.1, 0.15) is 0 Å². The molecule has 2 rings (SSSR count). The van der Waals surface area contributed by atoms with E-state index in [4.69, 9.17) is 9.47 Å². The van der Waals surface area contributed by atoms with E-state index in [1.165, 1.54) is 51.4 Å². The molecule has 0 aromatic rings. The molecule has 0 aromatic carbocycles. The number of hydrogen-bond acceptors (Lipinski definition) is 2. The minimum Gasteiger partial charge on any atom is -0.381 e. The Hall–Kier alpha value is 0.400. The topological polar surface area (TPSA) is 18.5 Å². The molecule has 0 spiro atoms. The highest BCUT2D eigenvalue weighted by Crippen LogP contribution is 2.39. The van der Waals surface area contributed by atoms with Crippen LogP contribution in [-0.2, 0) is 9.47 Å². The number of alkyl halides is 1. The molecule has 2 fully saturated rings. The summed E-state index contributed by atoms with van der Waals surface area (Å²) in [5.74, 6) is 0. The van der Waals surface area contributed by atoms with Gasteiger partial charge in [-0.25, -0.2) is 0 Å². The third-order valence-corrected chi connectivity index (χ3v) is 5.92. The third kappa shape index (κ3) is 3.94. The molecule has 2 atom stereocenters. The van der Waals surface area contributed by atoms with Gasteiger partial charge >= 0.3 is 0 Å². The molecule has 2 unspecified atom stereocenters. The normalized spacial score (nSPS) is 32.3. The summed E-state index contributed by atoms with van der Waals surface area (Å²) in [7, 11) is 1.83. The summed E-state index contributed by atoms with van der Waals surface area (Å²) in [6.45, 7) is 0.944. The monoisotopic (exact) mass is 318 g/mol. The molecule has 2 aliphatic carbocycles. The molecule has 0 aliphatic heterocycles. The standard InChI is InChI=1S/C15H27BrO2/c1-17-13-6-5-7-14(10-13)18-12-15(11-16)8-3-2-4-9-15/h13-14H,2-12H2,1H3. The van der Waals surface area contributed by atoms with Crippen LogP contribution >= 0.6 is 15.9 Å². The minimum atomic E-state index is 0.415. The van der Waals surface area contributed by atoms with Crippen LogP contribution in [0, 0.1) is 5.41 Å². The smallest absolute Gasteiger partial charge is 0.0600 e. The first-order valence-electron chi connectivity index (χ1n) is 7.48. The lowest BCUT2D eigenvalue weighted by atomic mass is 9.76. The highest BCUT2D eigenvalue weighted by molar-refractivity contribution is 9.09.